The zero-order chi connectivity index (χ0) is 16.9. The summed E-state index contributed by atoms with van der Waals surface area (Å²) in [6.07, 6.45) is 1.64. The number of amides is 1. The van der Waals surface area contributed by atoms with E-state index in [0.29, 0.717) is 11.4 Å². The van der Waals surface area contributed by atoms with Crippen LogP contribution in [0.3, 0.4) is 0 Å². The molecule has 0 aliphatic heterocycles. The van der Waals surface area contributed by atoms with Crippen LogP contribution in [0.15, 0.2) is 65.3 Å². The maximum Gasteiger partial charge on any atom is 0.276 e. The molecular formula is C17H13BrFN3O2. The molecule has 0 radical (unpaired) electrons. The van der Waals surface area contributed by atoms with Crippen molar-refractivity contribution < 1.29 is 13.9 Å². The summed E-state index contributed by atoms with van der Waals surface area (Å²) in [5.41, 5.74) is 0.597. The van der Waals surface area contributed by atoms with Gasteiger partial charge in [0.1, 0.15) is 11.6 Å². The van der Waals surface area contributed by atoms with Crippen LogP contribution in [0.25, 0.3) is 0 Å². The fourth-order valence-corrected chi connectivity index (χ4v) is 2.25. The zero-order valence-electron chi connectivity index (χ0n) is 12.4. The molecule has 1 heterocycles. The van der Waals surface area contributed by atoms with E-state index < -0.39 is 11.7 Å². The summed E-state index contributed by atoms with van der Waals surface area (Å²) in [5.74, 6) is -0.135. The fourth-order valence-electron chi connectivity index (χ4n) is 1.99. The van der Waals surface area contributed by atoms with Gasteiger partial charge < -0.3 is 10.1 Å². The Balaban J connectivity index is 1.60. The van der Waals surface area contributed by atoms with E-state index in [1.54, 1.807) is 18.3 Å². The number of ether oxygens (including phenoxy) is 1. The van der Waals surface area contributed by atoms with E-state index in [2.05, 4.69) is 26.3 Å². The minimum absolute atomic E-state index is 0.175. The number of halogens is 2. The molecule has 0 atom stereocenters. The van der Waals surface area contributed by atoms with E-state index >= 15 is 0 Å². The summed E-state index contributed by atoms with van der Waals surface area (Å²) < 4.78 is 21.2. The number of aromatic nitrogens is 2. The molecule has 7 heteroatoms. The molecule has 0 saturated heterocycles. The number of anilines is 1. The van der Waals surface area contributed by atoms with Crippen molar-refractivity contribution in [3.8, 4) is 5.75 Å². The Morgan fingerprint density at radius 3 is 2.75 bits per heavy atom. The monoisotopic (exact) mass is 389 g/mol. The molecule has 0 aliphatic rings. The lowest BCUT2D eigenvalue weighted by molar-refractivity contribution is 0.102. The van der Waals surface area contributed by atoms with Crippen LogP contribution in [-0.2, 0) is 6.73 Å². The molecule has 2 aromatic carbocycles. The van der Waals surface area contributed by atoms with E-state index in [0.717, 1.165) is 4.47 Å². The largest absolute Gasteiger partial charge is 0.471 e. The molecule has 5 nitrogen and oxygen atoms in total. The van der Waals surface area contributed by atoms with Crippen molar-refractivity contribution in [3.63, 3.8) is 0 Å². The van der Waals surface area contributed by atoms with Crippen LogP contribution in [0.5, 0.6) is 5.75 Å². The van der Waals surface area contributed by atoms with Gasteiger partial charge >= 0.3 is 0 Å². The molecule has 0 aliphatic carbocycles. The number of carbonyl (C=O) groups is 1. The molecule has 24 heavy (non-hydrogen) atoms. The van der Waals surface area contributed by atoms with Gasteiger partial charge in [0.2, 0.25) is 0 Å². The molecule has 0 saturated carbocycles. The number of hydrogen-bond acceptors (Lipinski definition) is 3. The van der Waals surface area contributed by atoms with Crippen LogP contribution in [0.4, 0.5) is 10.1 Å². The molecule has 1 amide bonds. The summed E-state index contributed by atoms with van der Waals surface area (Å²) in [5, 5.41) is 6.73. The van der Waals surface area contributed by atoms with Crippen molar-refractivity contribution in [2.75, 3.05) is 5.32 Å². The molecule has 122 valence electrons. The minimum atomic E-state index is -0.416. The minimum Gasteiger partial charge on any atom is -0.471 e. The van der Waals surface area contributed by atoms with Gasteiger partial charge in [-0.15, -0.1) is 0 Å². The third-order valence-corrected chi connectivity index (χ3v) is 3.66. The predicted molar refractivity (Wildman–Crippen MR) is 91.4 cm³/mol. The number of hydrogen-bond donors (Lipinski definition) is 1. The number of nitrogens with zero attached hydrogens (tertiary/aromatic N) is 2. The zero-order valence-corrected chi connectivity index (χ0v) is 14.0. The Hall–Kier alpha value is -2.67. The lowest BCUT2D eigenvalue weighted by atomic mass is 10.3. The average molecular weight is 390 g/mol. The molecule has 0 bridgehead atoms. The predicted octanol–water partition coefficient (Wildman–Crippen LogP) is 4.07. The first-order chi connectivity index (χ1) is 11.6. The van der Waals surface area contributed by atoms with E-state index in [1.165, 1.54) is 22.9 Å². The highest BCUT2D eigenvalue weighted by atomic mass is 79.9. The first-order valence-electron chi connectivity index (χ1n) is 7.09. The van der Waals surface area contributed by atoms with Crippen molar-refractivity contribution in [1.29, 1.82) is 0 Å². The van der Waals surface area contributed by atoms with Crippen molar-refractivity contribution in [3.05, 3.63) is 76.8 Å². The van der Waals surface area contributed by atoms with Crippen molar-refractivity contribution in [1.82, 2.24) is 9.78 Å². The summed E-state index contributed by atoms with van der Waals surface area (Å²) in [6, 6.07) is 14.6. The topological polar surface area (TPSA) is 56.2 Å². The highest BCUT2D eigenvalue weighted by Gasteiger charge is 2.10. The number of carbonyl (C=O) groups excluding carboxylic acids is 1. The third-order valence-electron chi connectivity index (χ3n) is 3.13. The highest BCUT2D eigenvalue weighted by Crippen LogP contribution is 2.16. The summed E-state index contributed by atoms with van der Waals surface area (Å²) in [7, 11) is 0. The van der Waals surface area contributed by atoms with Crippen LogP contribution in [-0.4, -0.2) is 15.7 Å². The lowest BCUT2D eigenvalue weighted by Gasteiger charge is -2.06. The first kappa shape index (κ1) is 16.2. The van der Waals surface area contributed by atoms with Gasteiger partial charge in [-0.25, -0.2) is 9.07 Å². The fraction of sp³-hybridized carbons (Fsp3) is 0.0588. The molecule has 3 aromatic rings. The van der Waals surface area contributed by atoms with E-state index in [1.807, 2.05) is 24.3 Å². The standard InChI is InChI=1S/C17H13BrFN3O2/c18-12-4-6-15(7-5-12)24-11-22-9-8-16(21-22)17(23)20-14-3-1-2-13(19)10-14/h1-10H,11H2,(H,20,23). The van der Waals surface area contributed by atoms with Crippen LogP contribution in [0, 0.1) is 5.82 Å². The Morgan fingerprint density at radius 2 is 2.00 bits per heavy atom. The van der Waals surface area contributed by atoms with Crippen LogP contribution < -0.4 is 10.1 Å². The second-order valence-corrected chi connectivity index (χ2v) is 5.85. The molecule has 0 fully saturated rings. The maximum atomic E-state index is 13.1. The van der Waals surface area contributed by atoms with E-state index in [4.69, 9.17) is 4.74 Å². The second kappa shape index (κ2) is 7.27. The van der Waals surface area contributed by atoms with Gasteiger partial charge in [0.05, 0.1) is 0 Å². The lowest BCUT2D eigenvalue weighted by Crippen LogP contribution is -2.14. The average Bonchev–Trinajstić information content (AvgIpc) is 3.03. The summed E-state index contributed by atoms with van der Waals surface area (Å²) in [6.45, 7) is 0.175. The van der Waals surface area contributed by atoms with Crippen LogP contribution >= 0.6 is 15.9 Å². The maximum absolute atomic E-state index is 13.1. The van der Waals surface area contributed by atoms with E-state index in [-0.39, 0.29) is 12.4 Å². The smallest absolute Gasteiger partial charge is 0.276 e. The SMILES string of the molecule is O=C(Nc1cccc(F)c1)c1ccn(COc2ccc(Br)cc2)n1. The second-order valence-electron chi connectivity index (χ2n) is 4.93. The van der Waals surface area contributed by atoms with Gasteiger partial charge in [0.15, 0.2) is 12.4 Å². The molecule has 3 rings (SSSR count). The van der Waals surface area contributed by atoms with Crippen molar-refractivity contribution >= 4 is 27.5 Å². The molecule has 0 spiro atoms. The molecule has 1 aromatic heterocycles. The summed E-state index contributed by atoms with van der Waals surface area (Å²) in [4.78, 5) is 12.1. The molecule has 0 unspecified atom stereocenters. The van der Waals surface area contributed by atoms with Crippen molar-refractivity contribution in [2.24, 2.45) is 0 Å². The Kier molecular flexibility index (Phi) is 4.90. The Labute approximate surface area is 146 Å². The van der Waals surface area contributed by atoms with Gasteiger partial charge in [-0.1, -0.05) is 22.0 Å². The van der Waals surface area contributed by atoms with Crippen molar-refractivity contribution in [2.45, 2.75) is 6.73 Å². The van der Waals surface area contributed by atoms with Gasteiger partial charge in [-0.2, -0.15) is 5.10 Å². The first-order valence-corrected chi connectivity index (χ1v) is 7.88. The summed E-state index contributed by atoms with van der Waals surface area (Å²) >= 11 is 3.35. The number of benzene rings is 2. The van der Waals surface area contributed by atoms with Gasteiger partial charge in [0, 0.05) is 16.4 Å². The third kappa shape index (κ3) is 4.20. The van der Waals surface area contributed by atoms with Gasteiger partial charge in [-0.05, 0) is 48.5 Å². The Bertz CT molecular complexity index is 849. The molecular weight excluding hydrogens is 377 g/mol. The Morgan fingerprint density at radius 1 is 1.21 bits per heavy atom. The molecule has 1 N–H and O–H groups in total. The van der Waals surface area contributed by atoms with Crippen LogP contribution in [0.1, 0.15) is 10.5 Å². The number of nitrogens with one attached hydrogen (secondary N) is 1. The number of rotatable bonds is 5. The normalized spacial score (nSPS) is 10.4. The highest BCUT2D eigenvalue weighted by molar-refractivity contribution is 9.10. The van der Waals surface area contributed by atoms with Gasteiger partial charge in [0.25, 0.3) is 5.91 Å². The van der Waals surface area contributed by atoms with E-state index in [9.17, 15) is 9.18 Å². The quantitative estimate of drug-likeness (QED) is 0.715. The van der Waals surface area contributed by atoms with Gasteiger partial charge in [-0.3, -0.25) is 4.79 Å². The van der Waals surface area contributed by atoms with Crippen LogP contribution in [0.2, 0.25) is 0 Å².